The first-order chi connectivity index (χ1) is 5.83. The fraction of sp³-hybridized carbons (Fsp3) is 0.857. The molecule has 0 aromatic heterocycles. The predicted octanol–water partition coefficient (Wildman–Crippen LogP) is 0.898. The van der Waals surface area contributed by atoms with Gasteiger partial charge in [0.1, 0.15) is 0 Å². The predicted molar refractivity (Wildman–Crippen MR) is 47.9 cm³/mol. The van der Waals surface area contributed by atoms with Crippen molar-refractivity contribution in [3.63, 3.8) is 0 Å². The highest BCUT2D eigenvalue weighted by Gasteiger charge is 2.40. The number of rotatable bonds is 2. The van der Waals surface area contributed by atoms with Gasteiger partial charge in [0, 0.05) is 10.7 Å². The quantitative estimate of drug-likeness (QED) is 0.519. The number of hydrogen-bond acceptors (Lipinski definition) is 4. The minimum Gasteiger partial charge on any atom is -0.465 e. The molecule has 0 spiro atoms. The number of cyclic esters (lactones) is 1. The van der Waals surface area contributed by atoms with Crippen molar-refractivity contribution in [2.75, 3.05) is 12.4 Å². The zero-order chi connectivity index (χ0) is 10.1. The molecule has 0 amide bonds. The van der Waals surface area contributed by atoms with Gasteiger partial charge < -0.3 is 4.74 Å². The van der Waals surface area contributed by atoms with E-state index in [1.54, 1.807) is 6.92 Å². The number of carbonyl (C=O) groups excluding carboxylic acids is 1. The third kappa shape index (κ3) is 2.84. The minimum atomic E-state index is -3.64. The van der Waals surface area contributed by atoms with E-state index in [0.29, 0.717) is 19.4 Å². The van der Waals surface area contributed by atoms with Crippen LogP contribution in [0.15, 0.2) is 0 Å². The van der Waals surface area contributed by atoms with Crippen LogP contribution >= 0.6 is 10.7 Å². The van der Waals surface area contributed by atoms with Crippen LogP contribution in [0.1, 0.15) is 19.8 Å². The summed E-state index contributed by atoms with van der Waals surface area (Å²) in [5, 5.41) is 0. The van der Waals surface area contributed by atoms with Gasteiger partial charge in [-0.3, -0.25) is 4.79 Å². The maximum Gasteiger partial charge on any atom is 0.312 e. The summed E-state index contributed by atoms with van der Waals surface area (Å²) in [6, 6.07) is 0. The van der Waals surface area contributed by atoms with Crippen LogP contribution in [0, 0.1) is 5.41 Å². The van der Waals surface area contributed by atoms with Gasteiger partial charge in [0.05, 0.1) is 17.8 Å². The number of ether oxygens (including phenoxy) is 1. The van der Waals surface area contributed by atoms with E-state index in [4.69, 9.17) is 15.4 Å². The first kappa shape index (κ1) is 10.8. The van der Waals surface area contributed by atoms with Crippen LogP contribution < -0.4 is 0 Å². The largest absolute Gasteiger partial charge is 0.465 e. The van der Waals surface area contributed by atoms with E-state index in [0.717, 1.165) is 0 Å². The van der Waals surface area contributed by atoms with Crippen LogP contribution in [0.4, 0.5) is 0 Å². The summed E-state index contributed by atoms with van der Waals surface area (Å²) in [5.41, 5.74) is -0.959. The van der Waals surface area contributed by atoms with Crippen molar-refractivity contribution in [2.45, 2.75) is 19.8 Å². The number of esters is 1. The molecule has 1 atom stereocenters. The molecular weight excluding hydrogens is 216 g/mol. The van der Waals surface area contributed by atoms with Gasteiger partial charge in [-0.1, -0.05) is 0 Å². The second kappa shape index (κ2) is 3.46. The van der Waals surface area contributed by atoms with E-state index in [2.05, 4.69) is 0 Å². The Balaban J connectivity index is 2.79. The Morgan fingerprint density at radius 3 is 2.69 bits per heavy atom. The molecule has 1 unspecified atom stereocenters. The van der Waals surface area contributed by atoms with Crippen LogP contribution in [0.5, 0.6) is 0 Å². The molecule has 13 heavy (non-hydrogen) atoms. The number of halogens is 1. The SMILES string of the molecule is CC1(CS(=O)(=O)Cl)CCCOC1=O. The van der Waals surface area contributed by atoms with Crippen molar-refractivity contribution in [3.05, 3.63) is 0 Å². The van der Waals surface area contributed by atoms with Crippen LogP contribution in [-0.4, -0.2) is 26.7 Å². The second-order valence-electron chi connectivity index (χ2n) is 3.48. The van der Waals surface area contributed by atoms with Crippen molar-refractivity contribution in [2.24, 2.45) is 5.41 Å². The highest BCUT2D eigenvalue weighted by Crippen LogP contribution is 2.31. The Bertz CT molecular complexity index is 310. The number of carbonyl (C=O) groups is 1. The fourth-order valence-electron chi connectivity index (χ4n) is 1.42. The average Bonchev–Trinajstić information content (AvgIpc) is 1.92. The third-order valence-electron chi connectivity index (χ3n) is 2.09. The molecule has 0 radical (unpaired) electrons. The first-order valence-electron chi connectivity index (χ1n) is 3.93. The highest BCUT2D eigenvalue weighted by molar-refractivity contribution is 8.13. The first-order valence-corrected chi connectivity index (χ1v) is 6.41. The van der Waals surface area contributed by atoms with Crippen LogP contribution in [0.2, 0.25) is 0 Å². The smallest absolute Gasteiger partial charge is 0.312 e. The topological polar surface area (TPSA) is 60.4 Å². The second-order valence-corrected chi connectivity index (χ2v) is 6.26. The molecule has 1 aliphatic heterocycles. The molecule has 0 N–H and O–H groups in total. The molecule has 0 aromatic rings. The summed E-state index contributed by atoms with van der Waals surface area (Å²) in [4.78, 5) is 11.2. The summed E-state index contributed by atoms with van der Waals surface area (Å²) < 4.78 is 26.4. The van der Waals surface area contributed by atoms with Crippen molar-refractivity contribution < 1.29 is 17.9 Å². The summed E-state index contributed by atoms with van der Waals surface area (Å²) in [7, 11) is 1.44. The summed E-state index contributed by atoms with van der Waals surface area (Å²) >= 11 is 0. The van der Waals surface area contributed by atoms with E-state index in [-0.39, 0.29) is 5.75 Å². The standard InChI is InChI=1S/C7H11ClO4S/c1-7(5-13(8,10)11)3-2-4-12-6(7)9/h2-5H2,1H3. The normalized spacial score (nSPS) is 29.8. The van der Waals surface area contributed by atoms with Crippen molar-refractivity contribution in [3.8, 4) is 0 Å². The van der Waals surface area contributed by atoms with Gasteiger partial charge in [-0.05, 0) is 19.8 Å². The molecule has 0 aliphatic carbocycles. The molecule has 1 aliphatic rings. The average molecular weight is 227 g/mol. The fourth-order valence-corrected chi connectivity index (χ4v) is 3.16. The van der Waals surface area contributed by atoms with E-state index >= 15 is 0 Å². The van der Waals surface area contributed by atoms with Gasteiger partial charge in [-0.2, -0.15) is 0 Å². The van der Waals surface area contributed by atoms with Gasteiger partial charge in [0.2, 0.25) is 9.05 Å². The van der Waals surface area contributed by atoms with Gasteiger partial charge >= 0.3 is 5.97 Å². The van der Waals surface area contributed by atoms with Crippen LogP contribution in [0.25, 0.3) is 0 Å². The van der Waals surface area contributed by atoms with Gasteiger partial charge in [0.15, 0.2) is 0 Å². The summed E-state index contributed by atoms with van der Waals surface area (Å²) in [5.74, 6) is -0.816. The molecule has 0 bridgehead atoms. The minimum absolute atomic E-state index is 0.347. The molecule has 1 fully saturated rings. The van der Waals surface area contributed by atoms with Gasteiger partial charge in [-0.25, -0.2) is 8.42 Å². The molecule has 0 aromatic carbocycles. The van der Waals surface area contributed by atoms with Gasteiger partial charge in [0.25, 0.3) is 0 Å². The molecule has 4 nitrogen and oxygen atoms in total. The van der Waals surface area contributed by atoms with E-state index < -0.39 is 20.4 Å². The van der Waals surface area contributed by atoms with Crippen molar-refractivity contribution >= 4 is 25.7 Å². The lowest BCUT2D eigenvalue weighted by atomic mass is 9.86. The zero-order valence-electron chi connectivity index (χ0n) is 7.25. The van der Waals surface area contributed by atoms with E-state index in [1.165, 1.54) is 0 Å². The monoisotopic (exact) mass is 226 g/mol. The molecule has 0 saturated carbocycles. The maximum absolute atomic E-state index is 11.2. The van der Waals surface area contributed by atoms with Crippen molar-refractivity contribution in [1.29, 1.82) is 0 Å². The Hall–Kier alpha value is -0.290. The molecule has 1 heterocycles. The van der Waals surface area contributed by atoms with E-state index in [1.807, 2.05) is 0 Å². The Morgan fingerprint density at radius 2 is 2.23 bits per heavy atom. The molecular formula is C7H11ClO4S. The molecule has 1 rings (SSSR count). The Morgan fingerprint density at radius 1 is 1.62 bits per heavy atom. The lowest BCUT2D eigenvalue weighted by molar-refractivity contribution is -0.159. The Labute approximate surface area is 81.6 Å². The lowest BCUT2D eigenvalue weighted by Crippen LogP contribution is -2.39. The van der Waals surface area contributed by atoms with Crippen LogP contribution in [-0.2, 0) is 18.6 Å². The van der Waals surface area contributed by atoms with Gasteiger partial charge in [-0.15, -0.1) is 0 Å². The summed E-state index contributed by atoms with van der Waals surface area (Å²) in [6.07, 6.45) is 1.20. The third-order valence-corrected chi connectivity index (χ3v) is 3.40. The Kier molecular flexibility index (Phi) is 2.87. The summed E-state index contributed by atoms with van der Waals surface area (Å²) in [6.45, 7) is 1.94. The molecule has 6 heteroatoms. The zero-order valence-corrected chi connectivity index (χ0v) is 8.82. The van der Waals surface area contributed by atoms with E-state index in [9.17, 15) is 13.2 Å². The highest BCUT2D eigenvalue weighted by atomic mass is 35.7. The number of hydrogen-bond donors (Lipinski definition) is 0. The molecule has 1 saturated heterocycles. The van der Waals surface area contributed by atoms with Crippen LogP contribution in [0.3, 0.4) is 0 Å². The molecule has 76 valence electrons. The maximum atomic E-state index is 11.2. The van der Waals surface area contributed by atoms with Crippen molar-refractivity contribution in [1.82, 2.24) is 0 Å². The lowest BCUT2D eigenvalue weighted by Gasteiger charge is -2.29.